The van der Waals surface area contributed by atoms with Gasteiger partial charge in [0.2, 0.25) is 0 Å². The van der Waals surface area contributed by atoms with E-state index >= 15 is 0 Å². The van der Waals surface area contributed by atoms with Crippen LogP contribution in [-0.2, 0) is 4.74 Å². The number of rotatable bonds is 4. The minimum absolute atomic E-state index is 0.0281. The highest BCUT2D eigenvalue weighted by Crippen LogP contribution is 2.35. The van der Waals surface area contributed by atoms with Crippen LogP contribution in [0.2, 0.25) is 0 Å². The van der Waals surface area contributed by atoms with Crippen molar-refractivity contribution < 1.29 is 14.3 Å². The summed E-state index contributed by atoms with van der Waals surface area (Å²) in [5.41, 5.74) is 1.02. The second-order valence-electron chi connectivity index (χ2n) is 7.69. The van der Waals surface area contributed by atoms with Gasteiger partial charge in [-0.2, -0.15) is 5.10 Å². The monoisotopic (exact) mass is 370 g/mol. The zero-order valence-corrected chi connectivity index (χ0v) is 15.9. The molecule has 2 aromatic rings. The predicted molar refractivity (Wildman–Crippen MR) is 101 cm³/mol. The normalized spacial score (nSPS) is 20.3. The first-order chi connectivity index (χ1) is 13.0. The van der Waals surface area contributed by atoms with Gasteiger partial charge in [-0.1, -0.05) is 19.4 Å². The molecule has 7 nitrogen and oxygen atoms in total. The lowest BCUT2D eigenvalue weighted by molar-refractivity contribution is 0.00282. The highest BCUT2D eigenvalue weighted by Gasteiger charge is 2.48. The summed E-state index contributed by atoms with van der Waals surface area (Å²) in [6, 6.07) is 7.68. The third kappa shape index (κ3) is 3.15. The Kier molecular flexibility index (Phi) is 4.53. The molecule has 0 unspecified atom stereocenters. The second-order valence-corrected chi connectivity index (χ2v) is 7.69. The van der Waals surface area contributed by atoms with E-state index in [0.717, 1.165) is 18.4 Å². The van der Waals surface area contributed by atoms with E-state index in [4.69, 9.17) is 4.74 Å². The minimum atomic E-state index is -0.451. The maximum absolute atomic E-state index is 13.0. The fourth-order valence-corrected chi connectivity index (χ4v) is 4.21. The topological polar surface area (TPSA) is 67.2 Å². The number of amides is 2. The molecule has 0 N–H and O–H groups in total. The van der Waals surface area contributed by atoms with Crippen LogP contribution in [0.4, 0.5) is 4.79 Å². The fourth-order valence-electron chi connectivity index (χ4n) is 4.21. The molecule has 1 spiro atoms. The number of nitrogens with zero attached hydrogens (tertiary/aromatic N) is 4. The third-order valence-electron chi connectivity index (χ3n) is 5.84. The van der Waals surface area contributed by atoms with Gasteiger partial charge in [-0.25, -0.2) is 9.31 Å². The van der Waals surface area contributed by atoms with Crippen molar-refractivity contribution in [2.24, 2.45) is 0 Å². The molecule has 27 heavy (non-hydrogen) atoms. The minimum Gasteiger partial charge on any atom is -0.441 e. The Morgan fingerprint density at radius 3 is 2.81 bits per heavy atom. The number of carbonyl (C=O) groups is 2. The largest absolute Gasteiger partial charge is 0.441 e. The van der Waals surface area contributed by atoms with Crippen LogP contribution in [-0.4, -0.2) is 62.7 Å². The summed E-state index contributed by atoms with van der Waals surface area (Å²) >= 11 is 0. The van der Waals surface area contributed by atoms with Crippen molar-refractivity contribution in [1.29, 1.82) is 0 Å². The molecule has 2 aliphatic heterocycles. The summed E-state index contributed by atoms with van der Waals surface area (Å²) in [6.45, 7) is 5.99. The molecule has 0 aromatic carbocycles. The number of hydrogen-bond donors (Lipinski definition) is 0. The van der Waals surface area contributed by atoms with Gasteiger partial charge in [0, 0.05) is 32.0 Å². The third-order valence-corrected chi connectivity index (χ3v) is 5.84. The summed E-state index contributed by atoms with van der Waals surface area (Å²) in [7, 11) is 0. The molecule has 2 amide bonds. The van der Waals surface area contributed by atoms with Gasteiger partial charge in [0.25, 0.3) is 5.91 Å². The Bertz CT molecular complexity index is 854. The van der Waals surface area contributed by atoms with Crippen LogP contribution in [0.15, 0.2) is 30.5 Å². The number of hydrogen-bond acceptors (Lipinski definition) is 4. The van der Waals surface area contributed by atoms with E-state index in [0.29, 0.717) is 38.2 Å². The lowest BCUT2D eigenvalue weighted by Crippen LogP contribution is -2.49. The van der Waals surface area contributed by atoms with Gasteiger partial charge in [-0.05, 0) is 31.5 Å². The Morgan fingerprint density at radius 1 is 1.30 bits per heavy atom. The number of ether oxygens (including phenoxy) is 1. The molecule has 0 saturated carbocycles. The number of carbonyl (C=O) groups excluding carboxylic acids is 2. The lowest BCUT2D eigenvalue weighted by Gasteiger charge is -2.37. The maximum Gasteiger partial charge on any atom is 0.410 e. The Labute approximate surface area is 158 Å². The first-order valence-electron chi connectivity index (χ1n) is 9.75. The molecular formula is C20H26N4O3. The molecule has 2 saturated heterocycles. The standard InChI is InChI=1S/C20H26N4O3/c1-3-5-15(2)23-14-20(27-19(23)26)9-12-22(13-10-20)18(25)17-7-4-6-16-8-11-21-24(16)17/h4,6-8,11,15H,3,5,9-10,12-14H2,1-2H3/t15-/m1/s1. The van der Waals surface area contributed by atoms with E-state index in [1.165, 1.54) is 0 Å². The van der Waals surface area contributed by atoms with E-state index in [1.54, 1.807) is 16.8 Å². The van der Waals surface area contributed by atoms with Crippen molar-refractivity contribution in [3.8, 4) is 0 Å². The van der Waals surface area contributed by atoms with Crippen LogP contribution in [0.5, 0.6) is 0 Å². The molecule has 144 valence electrons. The van der Waals surface area contributed by atoms with Crippen LogP contribution < -0.4 is 0 Å². The van der Waals surface area contributed by atoms with Crippen LogP contribution in [0.3, 0.4) is 0 Å². The zero-order chi connectivity index (χ0) is 19.0. The zero-order valence-electron chi connectivity index (χ0n) is 15.9. The molecule has 2 aromatic heterocycles. The van der Waals surface area contributed by atoms with Crippen molar-refractivity contribution in [2.75, 3.05) is 19.6 Å². The average molecular weight is 370 g/mol. The molecule has 7 heteroatoms. The highest BCUT2D eigenvalue weighted by molar-refractivity contribution is 5.93. The van der Waals surface area contributed by atoms with Gasteiger partial charge in [0.05, 0.1) is 18.3 Å². The van der Waals surface area contributed by atoms with Gasteiger partial charge in [-0.3, -0.25) is 4.79 Å². The smallest absolute Gasteiger partial charge is 0.410 e. The first kappa shape index (κ1) is 17.8. The van der Waals surface area contributed by atoms with Crippen LogP contribution >= 0.6 is 0 Å². The summed E-state index contributed by atoms with van der Waals surface area (Å²) in [4.78, 5) is 29.0. The van der Waals surface area contributed by atoms with Crippen molar-refractivity contribution in [3.63, 3.8) is 0 Å². The van der Waals surface area contributed by atoms with Crippen LogP contribution in [0.1, 0.15) is 50.0 Å². The molecule has 2 aliphatic rings. The molecule has 0 radical (unpaired) electrons. The Hall–Kier alpha value is -2.57. The van der Waals surface area contributed by atoms with Gasteiger partial charge in [0.15, 0.2) is 0 Å². The number of fused-ring (bicyclic) bond motifs is 1. The summed E-state index contributed by atoms with van der Waals surface area (Å²) in [5.74, 6) is -0.0281. The van der Waals surface area contributed by atoms with E-state index in [1.807, 2.05) is 28.0 Å². The van der Waals surface area contributed by atoms with E-state index in [2.05, 4.69) is 18.9 Å². The summed E-state index contributed by atoms with van der Waals surface area (Å²) < 4.78 is 7.47. The number of piperidine rings is 1. The second kappa shape index (κ2) is 6.87. The lowest BCUT2D eigenvalue weighted by atomic mass is 9.90. The average Bonchev–Trinajstić information content (AvgIpc) is 3.26. The van der Waals surface area contributed by atoms with E-state index < -0.39 is 5.60 Å². The number of likely N-dealkylation sites (tertiary alicyclic amines) is 1. The van der Waals surface area contributed by atoms with Gasteiger partial charge >= 0.3 is 6.09 Å². The molecular weight excluding hydrogens is 344 g/mol. The first-order valence-corrected chi connectivity index (χ1v) is 9.75. The molecule has 4 rings (SSSR count). The quantitative estimate of drug-likeness (QED) is 0.830. The van der Waals surface area contributed by atoms with Crippen LogP contribution in [0, 0.1) is 0 Å². The van der Waals surface area contributed by atoms with Gasteiger partial charge in [-0.15, -0.1) is 0 Å². The van der Waals surface area contributed by atoms with Crippen molar-refractivity contribution in [2.45, 2.75) is 51.2 Å². The Morgan fingerprint density at radius 2 is 2.07 bits per heavy atom. The number of aromatic nitrogens is 2. The highest BCUT2D eigenvalue weighted by atomic mass is 16.6. The van der Waals surface area contributed by atoms with Gasteiger partial charge < -0.3 is 14.5 Å². The van der Waals surface area contributed by atoms with Crippen molar-refractivity contribution >= 4 is 17.5 Å². The molecule has 4 heterocycles. The van der Waals surface area contributed by atoms with Gasteiger partial charge in [0.1, 0.15) is 11.3 Å². The van der Waals surface area contributed by atoms with E-state index in [9.17, 15) is 9.59 Å². The predicted octanol–water partition coefficient (Wildman–Crippen LogP) is 2.95. The van der Waals surface area contributed by atoms with Crippen molar-refractivity contribution in [1.82, 2.24) is 19.4 Å². The maximum atomic E-state index is 13.0. The SMILES string of the molecule is CCC[C@@H](C)N1CC2(CCN(C(=O)c3cccc4ccnn34)CC2)OC1=O. The van der Waals surface area contributed by atoms with E-state index in [-0.39, 0.29) is 18.0 Å². The summed E-state index contributed by atoms with van der Waals surface area (Å²) in [5, 5.41) is 4.26. The molecule has 1 atom stereocenters. The molecule has 0 aliphatic carbocycles. The molecule has 0 bridgehead atoms. The Balaban J connectivity index is 1.44. The number of pyridine rings is 1. The molecule has 2 fully saturated rings. The fraction of sp³-hybridized carbons (Fsp3) is 0.550. The van der Waals surface area contributed by atoms with Crippen molar-refractivity contribution in [3.05, 3.63) is 36.2 Å². The summed E-state index contributed by atoms with van der Waals surface area (Å²) in [6.07, 6.45) is 4.85. The van der Waals surface area contributed by atoms with Crippen LogP contribution in [0.25, 0.3) is 5.52 Å².